The lowest BCUT2D eigenvalue weighted by Crippen LogP contribution is -2.56. The van der Waals surface area contributed by atoms with Gasteiger partial charge in [0.1, 0.15) is 5.41 Å². The molecule has 4 atom stereocenters. The van der Waals surface area contributed by atoms with Gasteiger partial charge in [-0.25, -0.2) is 0 Å². The third-order valence-corrected chi connectivity index (χ3v) is 6.39. The predicted molar refractivity (Wildman–Crippen MR) is 117 cm³/mol. The first kappa shape index (κ1) is 21.1. The molecule has 0 spiro atoms. The summed E-state index contributed by atoms with van der Waals surface area (Å²) in [5, 5.41) is 4.51. The summed E-state index contributed by atoms with van der Waals surface area (Å²) in [6.45, 7) is 9.80. The maximum Gasteiger partial charge on any atom is 0.230 e. The first-order valence-corrected chi connectivity index (χ1v) is 10.3. The van der Waals surface area contributed by atoms with Gasteiger partial charge >= 0.3 is 0 Å². The molecule has 0 aliphatic carbocycles. The molecule has 0 bridgehead atoms. The van der Waals surface area contributed by atoms with Crippen molar-refractivity contribution in [3.8, 4) is 0 Å². The second-order valence-electron chi connectivity index (χ2n) is 7.77. The van der Waals surface area contributed by atoms with Crippen LogP contribution in [0.1, 0.15) is 50.8 Å². The molecule has 0 aromatic heterocycles. The van der Waals surface area contributed by atoms with Gasteiger partial charge in [-0.2, -0.15) is 0 Å². The Morgan fingerprint density at radius 3 is 2.07 bits per heavy atom. The summed E-state index contributed by atoms with van der Waals surface area (Å²) in [5.41, 5.74) is 7.85. The zero-order chi connectivity index (χ0) is 21.0. The van der Waals surface area contributed by atoms with E-state index in [4.69, 9.17) is 10.6 Å². The second kappa shape index (κ2) is 8.78. The highest BCUT2D eigenvalue weighted by Gasteiger charge is 2.52. The van der Waals surface area contributed by atoms with Crippen molar-refractivity contribution in [3.63, 3.8) is 0 Å². The number of rotatable bonds is 8. The van der Waals surface area contributed by atoms with Crippen molar-refractivity contribution in [2.24, 2.45) is 16.3 Å². The van der Waals surface area contributed by atoms with Crippen LogP contribution in [-0.2, 0) is 9.63 Å². The molecule has 1 aliphatic heterocycles. The van der Waals surface area contributed by atoms with E-state index in [0.717, 1.165) is 24.2 Å². The summed E-state index contributed by atoms with van der Waals surface area (Å²) < 4.78 is 0. The lowest BCUT2D eigenvalue weighted by molar-refractivity contribution is -0.126. The van der Waals surface area contributed by atoms with Crippen LogP contribution in [0.2, 0.25) is 0 Å². The van der Waals surface area contributed by atoms with Crippen LogP contribution in [0.4, 0.5) is 0 Å². The maximum absolute atomic E-state index is 12.9. The van der Waals surface area contributed by atoms with Gasteiger partial charge in [0.2, 0.25) is 5.91 Å². The molecule has 4 unspecified atom stereocenters. The largest absolute Gasteiger partial charge is 0.387 e. The van der Waals surface area contributed by atoms with Crippen LogP contribution in [0.5, 0.6) is 0 Å². The smallest absolute Gasteiger partial charge is 0.230 e. The number of nitrogens with two attached hydrogens (primary N) is 1. The Kier molecular flexibility index (Phi) is 6.38. The molecule has 2 N–H and O–H groups in total. The minimum atomic E-state index is -0.962. The molecule has 0 saturated heterocycles. The van der Waals surface area contributed by atoms with Crippen molar-refractivity contribution in [3.05, 3.63) is 71.8 Å². The normalized spacial score (nSPS) is 21.9. The SMILES string of the molecule is CCN(CC)C(C)C(C)(C(N)=O)C1=NOC(c2ccccc2)C1c1ccccc1. The van der Waals surface area contributed by atoms with Crippen molar-refractivity contribution in [1.29, 1.82) is 0 Å². The fourth-order valence-electron chi connectivity index (χ4n) is 4.36. The van der Waals surface area contributed by atoms with Crippen molar-refractivity contribution in [2.45, 2.75) is 45.8 Å². The number of amides is 1. The third kappa shape index (κ3) is 3.79. The van der Waals surface area contributed by atoms with Crippen LogP contribution in [0.3, 0.4) is 0 Å². The van der Waals surface area contributed by atoms with Crippen molar-refractivity contribution >= 4 is 11.6 Å². The van der Waals surface area contributed by atoms with Crippen LogP contribution in [0.25, 0.3) is 0 Å². The molecule has 0 radical (unpaired) electrons. The van der Waals surface area contributed by atoms with Gasteiger partial charge < -0.3 is 10.6 Å². The Bertz CT molecular complexity index is 849. The van der Waals surface area contributed by atoms with Crippen molar-refractivity contribution < 1.29 is 9.63 Å². The molecule has 5 nitrogen and oxygen atoms in total. The van der Waals surface area contributed by atoms with E-state index in [-0.39, 0.29) is 24.0 Å². The van der Waals surface area contributed by atoms with E-state index in [0.29, 0.717) is 5.71 Å². The van der Waals surface area contributed by atoms with Gasteiger partial charge in [0.15, 0.2) is 6.10 Å². The topological polar surface area (TPSA) is 67.9 Å². The molecule has 1 amide bonds. The molecule has 2 aromatic rings. The van der Waals surface area contributed by atoms with E-state index in [1.54, 1.807) is 0 Å². The van der Waals surface area contributed by atoms with Crippen LogP contribution in [0.15, 0.2) is 65.8 Å². The molecule has 3 rings (SSSR count). The molecular weight excluding hydrogens is 362 g/mol. The summed E-state index contributed by atoms with van der Waals surface area (Å²) >= 11 is 0. The number of hydrogen-bond donors (Lipinski definition) is 1. The van der Waals surface area contributed by atoms with E-state index in [1.807, 2.05) is 55.5 Å². The average molecular weight is 394 g/mol. The zero-order valence-electron chi connectivity index (χ0n) is 17.7. The third-order valence-electron chi connectivity index (χ3n) is 6.39. The molecular formula is C24H31N3O2. The van der Waals surface area contributed by atoms with Gasteiger partial charge in [0.05, 0.1) is 11.6 Å². The second-order valence-corrected chi connectivity index (χ2v) is 7.77. The van der Waals surface area contributed by atoms with Crippen LogP contribution < -0.4 is 5.73 Å². The Balaban J connectivity index is 2.11. The fourth-order valence-corrected chi connectivity index (χ4v) is 4.36. The lowest BCUT2D eigenvalue weighted by atomic mass is 9.69. The molecule has 29 heavy (non-hydrogen) atoms. The standard InChI is InChI=1S/C24H31N3O2/c1-5-27(6-2)17(3)24(4,23(25)28)22-20(18-13-9-7-10-14-18)21(29-26-22)19-15-11-8-12-16-19/h7-17,20-21H,5-6H2,1-4H3,(H2,25,28). The van der Waals surface area contributed by atoms with Gasteiger partial charge in [0.25, 0.3) is 0 Å². The van der Waals surface area contributed by atoms with Gasteiger partial charge in [0, 0.05) is 6.04 Å². The lowest BCUT2D eigenvalue weighted by Gasteiger charge is -2.40. The van der Waals surface area contributed by atoms with Crippen LogP contribution >= 0.6 is 0 Å². The fraction of sp³-hybridized carbons (Fsp3) is 0.417. The minimum absolute atomic E-state index is 0.113. The molecule has 154 valence electrons. The van der Waals surface area contributed by atoms with E-state index >= 15 is 0 Å². The van der Waals surface area contributed by atoms with Crippen LogP contribution in [-0.4, -0.2) is 35.7 Å². The predicted octanol–water partition coefficient (Wildman–Crippen LogP) is 4.12. The molecule has 5 heteroatoms. The molecule has 0 saturated carbocycles. The van der Waals surface area contributed by atoms with Gasteiger partial charge in [-0.15, -0.1) is 0 Å². The number of oxime groups is 1. The highest BCUT2D eigenvalue weighted by molar-refractivity contribution is 6.12. The number of nitrogens with zero attached hydrogens (tertiary/aromatic N) is 2. The van der Waals surface area contributed by atoms with E-state index in [1.165, 1.54) is 0 Å². The van der Waals surface area contributed by atoms with Gasteiger partial charge in [-0.3, -0.25) is 9.69 Å². The van der Waals surface area contributed by atoms with Crippen molar-refractivity contribution in [1.82, 2.24) is 4.90 Å². The first-order valence-electron chi connectivity index (χ1n) is 10.3. The first-order chi connectivity index (χ1) is 13.9. The number of primary amides is 1. The Labute approximate surface area is 173 Å². The average Bonchev–Trinajstić information content (AvgIpc) is 3.20. The Morgan fingerprint density at radius 2 is 1.59 bits per heavy atom. The van der Waals surface area contributed by atoms with Gasteiger partial charge in [-0.05, 0) is 38.1 Å². The highest BCUT2D eigenvalue weighted by atomic mass is 16.6. The number of hydrogen-bond acceptors (Lipinski definition) is 4. The summed E-state index contributed by atoms with van der Waals surface area (Å²) in [6.07, 6.45) is -0.295. The summed E-state index contributed by atoms with van der Waals surface area (Å²) in [7, 11) is 0. The monoisotopic (exact) mass is 393 g/mol. The van der Waals surface area contributed by atoms with E-state index in [9.17, 15) is 4.79 Å². The number of carbonyl (C=O) groups is 1. The summed E-state index contributed by atoms with van der Waals surface area (Å²) in [5.74, 6) is -0.567. The van der Waals surface area contributed by atoms with Gasteiger partial charge in [-0.1, -0.05) is 79.7 Å². The molecule has 1 aliphatic rings. The number of benzene rings is 2. The molecule has 0 fully saturated rings. The zero-order valence-corrected chi connectivity index (χ0v) is 17.7. The summed E-state index contributed by atoms with van der Waals surface area (Å²) in [6, 6.07) is 20.0. The van der Waals surface area contributed by atoms with Crippen LogP contribution in [0, 0.1) is 5.41 Å². The summed E-state index contributed by atoms with van der Waals surface area (Å²) in [4.78, 5) is 21.1. The highest BCUT2D eigenvalue weighted by Crippen LogP contribution is 2.46. The maximum atomic E-state index is 12.9. The van der Waals surface area contributed by atoms with E-state index < -0.39 is 5.41 Å². The molecule has 1 heterocycles. The Morgan fingerprint density at radius 1 is 1.07 bits per heavy atom. The minimum Gasteiger partial charge on any atom is -0.387 e. The quantitative estimate of drug-likeness (QED) is 0.733. The number of carbonyl (C=O) groups excluding carboxylic acids is 1. The Hall–Kier alpha value is -2.66. The van der Waals surface area contributed by atoms with E-state index in [2.05, 4.69) is 43.0 Å². The van der Waals surface area contributed by atoms with Crippen molar-refractivity contribution in [2.75, 3.05) is 13.1 Å². The molecule has 2 aromatic carbocycles.